The fourth-order valence-electron chi connectivity index (χ4n) is 2.51. The Morgan fingerprint density at radius 1 is 0.846 bits per heavy atom. The fourth-order valence-corrected chi connectivity index (χ4v) is 2.51. The van der Waals surface area contributed by atoms with E-state index in [0.717, 1.165) is 19.3 Å². The van der Waals surface area contributed by atoms with E-state index in [1.165, 1.54) is 38.5 Å². The van der Waals surface area contributed by atoms with Crippen LogP contribution in [0, 0.1) is 0 Å². The van der Waals surface area contributed by atoms with Gasteiger partial charge in [-0.1, -0.05) is 64.7 Å². The van der Waals surface area contributed by atoms with Crippen molar-refractivity contribution in [3.05, 3.63) is 0 Å². The number of carbonyl (C=O) groups is 3. The predicted octanol–water partition coefficient (Wildman–Crippen LogP) is 0.459. The van der Waals surface area contributed by atoms with Gasteiger partial charge in [0.1, 0.15) is 5.60 Å². The minimum absolute atomic E-state index is 0. The summed E-state index contributed by atoms with van der Waals surface area (Å²) in [6.45, 7) is 2.30. The van der Waals surface area contributed by atoms with Crippen LogP contribution in [0.25, 0.3) is 0 Å². The maximum absolute atomic E-state index is 11.5. The number of carboxylic acid groups (broad SMARTS) is 2. The molecule has 0 rings (SSSR count). The molecule has 7 nitrogen and oxygen atoms in total. The number of hydrogen-bond donors (Lipinski definition) is 1. The van der Waals surface area contributed by atoms with Gasteiger partial charge < -0.3 is 29.6 Å². The summed E-state index contributed by atoms with van der Waals surface area (Å²) in [7, 11) is 0. The first kappa shape index (κ1) is 27.1. The Kier molecular flexibility index (Phi) is 16.8. The Hall–Kier alpha value is -1.11. The summed E-state index contributed by atoms with van der Waals surface area (Å²) in [6.07, 6.45) is 9.08. The number of rotatable bonds is 16. The number of aliphatic hydroxyl groups is 1. The maximum atomic E-state index is 11.5. The number of carbonyl (C=O) groups excluding carboxylic acids is 3. The Morgan fingerprint density at radius 2 is 1.31 bits per heavy atom. The molecular formula is C18H30CuO7. The van der Waals surface area contributed by atoms with Crippen LogP contribution in [0.15, 0.2) is 0 Å². The first-order valence-electron chi connectivity index (χ1n) is 9.11. The molecule has 0 heterocycles. The van der Waals surface area contributed by atoms with E-state index in [-0.39, 0.29) is 23.7 Å². The van der Waals surface area contributed by atoms with Crippen LogP contribution in [0.5, 0.6) is 0 Å². The van der Waals surface area contributed by atoms with Gasteiger partial charge in [-0.05, 0) is 6.42 Å². The van der Waals surface area contributed by atoms with Gasteiger partial charge in [-0.15, -0.1) is 0 Å². The number of aliphatic carboxylic acids is 2. The van der Waals surface area contributed by atoms with Gasteiger partial charge in [0.15, 0.2) is 0 Å². The average molecular weight is 422 g/mol. The standard InChI is InChI=1S/C18H32O7.Cu/c1-2-3-4-5-6-7-8-9-10-11-12-25-16(21)14-18(24,17(22)23)13-15(19)20;/h24H,2-14H2,1H3,(H,19,20)(H,22,23);/q;+2/p-2. The summed E-state index contributed by atoms with van der Waals surface area (Å²) < 4.78 is 4.84. The minimum atomic E-state index is -2.80. The molecule has 1 unspecified atom stereocenters. The zero-order chi connectivity index (χ0) is 19.1. The van der Waals surface area contributed by atoms with E-state index in [1.54, 1.807) is 0 Å². The monoisotopic (exact) mass is 421 g/mol. The molecule has 0 saturated heterocycles. The molecule has 0 bridgehead atoms. The molecule has 0 aromatic heterocycles. The summed E-state index contributed by atoms with van der Waals surface area (Å²) >= 11 is 0. The van der Waals surface area contributed by atoms with Crippen molar-refractivity contribution in [2.24, 2.45) is 0 Å². The molecule has 1 atom stereocenters. The van der Waals surface area contributed by atoms with E-state index in [0.29, 0.717) is 6.42 Å². The Bertz CT molecular complexity index is 414. The Morgan fingerprint density at radius 3 is 1.73 bits per heavy atom. The third-order valence-electron chi connectivity index (χ3n) is 4.01. The molecule has 0 fully saturated rings. The normalized spacial score (nSPS) is 12.7. The summed E-state index contributed by atoms with van der Waals surface area (Å²) in [5.74, 6) is -4.79. The third kappa shape index (κ3) is 14.1. The molecule has 0 spiro atoms. The second kappa shape index (κ2) is 16.1. The quantitative estimate of drug-likeness (QED) is 0.218. The maximum Gasteiger partial charge on any atom is 2.00 e. The van der Waals surface area contributed by atoms with Gasteiger partial charge in [0.25, 0.3) is 0 Å². The van der Waals surface area contributed by atoms with Gasteiger partial charge in [0.05, 0.1) is 19.0 Å². The second-order valence-electron chi connectivity index (χ2n) is 6.45. The van der Waals surface area contributed by atoms with Crippen molar-refractivity contribution in [1.82, 2.24) is 0 Å². The van der Waals surface area contributed by atoms with Crippen LogP contribution < -0.4 is 10.2 Å². The molecule has 155 valence electrons. The molecule has 8 heteroatoms. The molecule has 0 aliphatic rings. The topological polar surface area (TPSA) is 127 Å². The van der Waals surface area contributed by atoms with Gasteiger partial charge in [-0.3, -0.25) is 4.79 Å². The SMILES string of the molecule is CCCCCCCCCCCCOC(=O)CC(O)(CC(=O)[O-])C(=O)[O-].[Cu+2]. The molecule has 1 N–H and O–H groups in total. The van der Waals surface area contributed by atoms with Crippen molar-refractivity contribution in [1.29, 1.82) is 0 Å². The zero-order valence-electron chi connectivity index (χ0n) is 15.4. The van der Waals surface area contributed by atoms with Crippen molar-refractivity contribution in [3.63, 3.8) is 0 Å². The number of esters is 1. The van der Waals surface area contributed by atoms with Crippen molar-refractivity contribution >= 4 is 17.9 Å². The molecular weight excluding hydrogens is 392 g/mol. The summed E-state index contributed by atoms with van der Waals surface area (Å²) in [5.41, 5.74) is -2.80. The van der Waals surface area contributed by atoms with Crippen molar-refractivity contribution < 1.29 is 51.5 Å². The van der Waals surface area contributed by atoms with Crippen LogP contribution in [0.1, 0.15) is 84.0 Å². The van der Waals surface area contributed by atoms with Crippen LogP contribution in [-0.2, 0) is 36.2 Å². The van der Waals surface area contributed by atoms with Crippen LogP contribution in [0.3, 0.4) is 0 Å². The van der Waals surface area contributed by atoms with E-state index < -0.39 is 36.4 Å². The second-order valence-corrected chi connectivity index (χ2v) is 6.45. The van der Waals surface area contributed by atoms with Gasteiger partial charge in [0.2, 0.25) is 0 Å². The Balaban J connectivity index is 0. The number of hydrogen-bond acceptors (Lipinski definition) is 7. The number of ether oxygens (including phenoxy) is 1. The van der Waals surface area contributed by atoms with E-state index in [9.17, 15) is 29.7 Å². The average Bonchev–Trinajstić information content (AvgIpc) is 2.51. The van der Waals surface area contributed by atoms with Crippen LogP contribution in [-0.4, -0.2) is 35.2 Å². The summed E-state index contributed by atoms with van der Waals surface area (Å²) in [4.78, 5) is 32.8. The number of carboxylic acids is 2. The third-order valence-corrected chi connectivity index (χ3v) is 4.01. The molecule has 0 aromatic rings. The summed E-state index contributed by atoms with van der Waals surface area (Å²) in [6, 6.07) is 0. The number of unbranched alkanes of at least 4 members (excludes halogenated alkanes) is 9. The van der Waals surface area contributed by atoms with Crippen LogP contribution >= 0.6 is 0 Å². The van der Waals surface area contributed by atoms with Gasteiger partial charge in [-0.25, -0.2) is 0 Å². The Labute approximate surface area is 166 Å². The molecule has 0 saturated carbocycles. The van der Waals surface area contributed by atoms with Crippen molar-refractivity contribution in [2.75, 3.05) is 6.61 Å². The summed E-state index contributed by atoms with van der Waals surface area (Å²) in [5, 5.41) is 30.9. The van der Waals surface area contributed by atoms with E-state index in [4.69, 9.17) is 4.74 Å². The van der Waals surface area contributed by atoms with Gasteiger partial charge in [0, 0.05) is 12.4 Å². The first-order valence-corrected chi connectivity index (χ1v) is 9.11. The van der Waals surface area contributed by atoms with Crippen molar-refractivity contribution in [3.8, 4) is 0 Å². The molecule has 0 aliphatic carbocycles. The van der Waals surface area contributed by atoms with Crippen molar-refractivity contribution in [2.45, 2.75) is 89.6 Å². The van der Waals surface area contributed by atoms with Gasteiger partial charge in [-0.2, -0.15) is 0 Å². The van der Waals surface area contributed by atoms with E-state index >= 15 is 0 Å². The molecule has 0 aromatic carbocycles. The van der Waals surface area contributed by atoms with E-state index in [1.807, 2.05) is 0 Å². The molecule has 26 heavy (non-hydrogen) atoms. The van der Waals surface area contributed by atoms with Crippen LogP contribution in [0.4, 0.5) is 0 Å². The molecule has 0 amide bonds. The molecule has 1 radical (unpaired) electrons. The smallest absolute Gasteiger partial charge is 0.550 e. The predicted molar refractivity (Wildman–Crippen MR) is 87.0 cm³/mol. The van der Waals surface area contributed by atoms with Gasteiger partial charge >= 0.3 is 23.0 Å². The van der Waals surface area contributed by atoms with E-state index in [2.05, 4.69) is 6.92 Å². The fraction of sp³-hybridized carbons (Fsp3) is 0.833. The zero-order valence-corrected chi connectivity index (χ0v) is 16.3. The van der Waals surface area contributed by atoms with Crippen LogP contribution in [0.2, 0.25) is 0 Å². The minimum Gasteiger partial charge on any atom is -0.550 e. The molecule has 0 aliphatic heterocycles. The first-order chi connectivity index (χ1) is 11.8. The largest absolute Gasteiger partial charge is 2.00 e.